The maximum Gasteiger partial charge on any atom is 0.271 e. The van der Waals surface area contributed by atoms with Gasteiger partial charge < -0.3 is 11.1 Å². The summed E-state index contributed by atoms with van der Waals surface area (Å²) in [7, 11) is 0. The largest absolute Gasteiger partial charge is 0.382 e. The van der Waals surface area contributed by atoms with Crippen LogP contribution in [0, 0.1) is 0 Å². The van der Waals surface area contributed by atoms with Crippen LogP contribution in [0.25, 0.3) is 0 Å². The third kappa shape index (κ3) is 2.70. The first-order chi connectivity index (χ1) is 6.24. The average Bonchev–Trinajstić information content (AvgIpc) is 2.14. The van der Waals surface area contributed by atoms with E-state index in [-0.39, 0.29) is 17.4 Å². The van der Waals surface area contributed by atoms with E-state index in [0.717, 1.165) is 6.42 Å². The molecule has 0 radical (unpaired) electrons. The van der Waals surface area contributed by atoms with Gasteiger partial charge in [-0.25, -0.2) is 4.98 Å². The highest BCUT2D eigenvalue weighted by Crippen LogP contribution is 1.96. The Hall–Kier alpha value is -1.65. The van der Waals surface area contributed by atoms with Crippen LogP contribution in [0.1, 0.15) is 23.8 Å². The van der Waals surface area contributed by atoms with Crippen molar-refractivity contribution in [3.63, 3.8) is 0 Å². The number of rotatable bonds is 3. The van der Waals surface area contributed by atoms with Gasteiger partial charge in [-0.05, 0) is 6.42 Å². The highest BCUT2D eigenvalue weighted by atomic mass is 16.1. The molecule has 0 aliphatic carbocycles. The number of nitrogens with zero attached hydrogens (tertiary/aromatic N) is 2. The SMILES string of the molecule is CCCNC(=O)c1cncc(N)n1. The lowest BCUT2D eigenvalue weighted by Crippen LogP contribution is -2.25. The van der Waals surface area contributed by atoms with Gasteiger partial charge in [-0.2, -0.15) is 0 Å². The van der Waals surface area contributed by atoms with Crippen molar-refractivity contribution in [2.75, 3.05) is 12.3 Å². The Labute approximate surface area is 76.4 Å². The van der Waals surface area contributed by atoms with Crippen molar-refractivity contribution in [3.8, 4) is 0 Å². The first-order valence-corrected chi connectivity index (χ1v) is 4.09. The highest BCUT2D eigenvalue weighted by Gasteiger charge is 2.05. The van der Waals surface area contributed by atoms with E-state index in [0.29, 0.717) is 6.54 Å². The van der Waals surface area contributed by atoms with Crippen molar-refractivity contribution in [1.82, 2.24) is 15.3 Å². The van der Waals surface area contributed by atoms with E-state index in [2.05, 4.69) is 15.3 Å². The standard InChI is InChI=1S/C8H12N4O/c1-2-3-11-8(13)6-4-10-5-7(9)12-6/h4-5H,2-3H2,1H3,(H2,9,12)(H,11,13). The number of amides is 1. The number of carbonyl (C=O) groups is 1. The third-order valence-corrected chi connectivity index (χ3v) is 1.42. The molecule has 1 aromatic rings. The molecule has 5 heteroatoms. The van der Waals surface area contributed by atoms with Crippen LogP contribution in [0.2, 0.25) is 0 Å². The molecular formula is C8H12N4O. The predicted molar refractivity (Wildman–Crippen MR) is 49.1 cm³/mol. The molecular weight excluding hydrogens is 168 g/mol. The summed E-state index contributed by atoms with van der Waals surface area (Å²) in [6, 6.07) is 0. The summed E-state index contributed by atoms with van der Waals surface area (Å²) in [5, 5.41) is 2.68. The number of nitrogens with two attached hydrogens (primary N) is 1. The highest BCUT2D eigenvalue weighted by molar-refractivity contribution is 5.92. The molecule has 3 N–H and O–H groups in total. The van der Waals surface area contributed by atoms with Gasteiger partial charge in [0, 0.05) is 6.54 Å². The Balaban J connectivity index is 2.66. The molecule has 0 aliphatic rings. The molecule has 5 nitrogen and oxygen atoms in total. The predicted octanol–water partition coefficient (Wildman–Crippen LogP) is 0.199. The summed E-state index contributed by atoms with van der Waals surface area (Å²) in [6.07, 6.45) is 3.68. The van der Waals surface area contributed by atoms with Gasteiger partial charge in [-0.1, -0.05) is 6.92 Å². The second-order valence-electron chi connectivity index (χ2n) is 2.59. The van der Waals surface area contributed by atoms with E-state index < -0.39 is 0 Å². The van der Waals surface area contributed by atoms with Gasteiger partial charge in [-0.3, -0.25) is 9.78 Å². The Kier molecular flexibility index (Phi) is 3.19. The van der Waals surface area contributed by atoms with Gasteiger partial charge in [-0.15, -0.1) is 0 Å². The molecule has 0 unspecified atom stereocenters. The van der Waals surface area contributed by atoms with Gasteiger partial charge in [0.15, 0.2) is 0 Å². The van der Waals surface area contributed by atoms with Crippen LogP contribution in [0.5, 0.6) is 0 Å². The molecule has 0 aliphatic heterocycles. The second kappa shape index (κ2) is 4.39. The van der Waals surface area contributed by atoms with Crippen LogP contribution in [0.4, 0.5) is 5.82 Å². The van der Waals surface area contributed by atoms with Crippen molar-refractivity contribution in [3.05, 3.63) is 18.1 Å². The topological polar surface area (TPSA) is 80.9 Å². The average molecular weight is 180 g/mol. The van der Waals surface area contributed by atoms with Crippen LogP contribution >= 0.6 is 0 Å². The fraction of sp³-hybridized carbons (Fsp3) is 0.375. The van der Waals surface area contributed by atoms with Crippen LogP contribution in [0.15, 0.2) is 12.4 Å². The number of carbonyl (C=O) groups excluding carboxylic acids is 1. The molecule has 0 spiro atoms. The molecule has 13 heavy (non-hydrogen) atoms. The minimum atomic E-state index is -0.235. The van der Waals surface area contributed by atoms with E-state index >= 15 is 0 Å². The second-order valence-corrected chi connectivity index (χ2v) is 2.59. The number of nitrogen functional groups attached to an aromatic ring is 1. The quantitative estimate of drug-likeness (QED) is 0.696. The first kappa shape index (κ1) is 9.44. The van der Waals surface area contributed by atoms with Gasteiger partial charge in [0.25, 0.3) is 5.91 Å². The minimum absolute atomic E-state index is 0.235. The molecule has 0 bridgehead atoms. The van der Waals surface area contributed by atoms with Gasteiger partial charge >= 0.3 is 0 Å². The Bertz CT molecular complexity index is 300. The first-order valence-electron chi connectivity index (χ1n) is 4.09. The van der Waals surface area contributed by atoms with Crippen LogP contribution < -0.4 is 11.1 Å². The number of nitrogens with one attached hydrogen (secondary N) is 1. The summed E-state index contributed by atoms with van der Waals surface area (Å²) >= 11 is 0. The molecule has 1 heterocycles. The summed E-state index contributed by atoms with van der Waals surface area (Å²) < 4.78 is 0. The normalized spacial score (nSPS) is 9.62. The zero-order chi connectivity index (χ0) is 9.68. The van der Waals surface area contributed by atoms with E-state index in [1.807, 2.05) is 6.92 Å². The number of aromatic nitrogens is 2. The molecule has 0 fully saturated rings. The van der Waals surface area contributed by atoms with Crippen molar-refractivity contribution >= 4 is 11.7 Å². The van der Waals surface area contributed by atoms with E-state index in [1.165, 1.54) is 12.4 Å². The van der Waals surface area contributed by atoms with Crippen molar-refractivity contribution < 1.29 is 4.79 Å². The number of anilines is 1. The molecule has 0 saturated heterocycles. The molecule has 0 atom stereocenters. The van der Waals surface area contributed by atoms with Crippen molar-refractivity contribution in [2.24, 2.45) is 0 Å². The van der Waals surface area contributed by atoms with Gasteiger partial charge in [0.1, 0.15) is 11.5 Å². The molecule has 70 valence electrons. The molecule has 0 aromatic carbocycles. The fourth-order valence-corrected chi connectivity index (χ4v) is 0.820. The molecule has 1 rings (SSSR count). The minimum Gasteiger partial charge on any atom is -0.382 e. The molecule has 1 aromatic heterocycles. The maximum atomic E-state index is 11.3. The fourth-order valence-electron chi connectivity index (χ4n) is 0.820. The van der Waals surface area contributed by atoms with E-state index in [4.69, 9.17) is 5.73 Å². The van der Waals surface area contributed by atoms with Crippen molar-refractivity contribution in [1.29, 1.82) is 0 Å². The Morgan fingerprint density at radius 1 is 1.62 bits per heavy atom. The number of hydrogen-bond acceptors (Lipinski definition) is 4. The summed E-state index contributed by atoms with van der Waals surface area (Å²) in [4.78, 5) is 18.9. The number of hydrogen-bond donors (Lipinski definition) is 2. The van der Waals surface area contributed by atoms with Crippen LogP contribution in [-0.2, 0) is 0 Å². The lowest BCUT2D eigenvalue weighted by molar-refractivity contribution is 0.0948. The molecule has 0 saturated carbocycles. The summed E-state index contributed by atoms with van der Waals surface area (Å²) in [6.45, 7) is 2.61. The summed E-state index contributed by atoms with van der Waals surface area (Å²) in [5.41, 5.74) is 5.63. The smallest absolute Gasteiger partial charge is 0.271 e. The van der Waals surface area contributed by atoms with Gasteiger partial charge in [0.2, 0.25) is 0 Å². The lowest BCUT2D eigenvalue weighted by atomic mass is 10.4. The van der Waals surface area contributed by atoms with E-state index in [9.17, 15) is 4.79 Å². The Morgan fingerprint density at radius 3 is 3.00 bits per heavy atom. The Morgan fingerprint density at radius 2 is 2.38 bits per heavy atom. The van der Waals surface area contributed by atoms with E-state index in [1.54, 1.807) is 0 Å². The molecule has 1 amide bonds. The lowest BCUT2D eigenvalue weighted by Gasteiger charge is -2.01. The summed E-state index contributed by atoms with van der Waals surface area (Å²) in [5.74, 6) is 0.0193. The van der Waals surface area contributed by atoms with Crippen LogP contribution in [-0.4, -0.2) is 22.4 Å². The zero-order valence-electron chi connectivity index (χ0n) is 7.45. The third-order valence-electron chi connectivity index (χ3n) is 1.42. The van der Waals surface area contributed by atoms with Crippen molar-refractivity contribution in [2.45, 2.75) is 13.3 Å². The monoisotopic (exact) mass is 180 g/mol. The van der Waals surface area contributed by atoms with Crippen LogP contribution in [0.3, 0.4) is 0 Å². The zero-order valence-corrected chi connectivity index (χ0v) is 7.45. The van der Waals surface area contributed by atoms with Gasteiger partial charge in [0.05, 0.1) is 12.4 Å². The maximum absolute atomic E-state index is 11.3.